The monoisotopic (exact) mass is 511 g/mol. The van der Waals surface area contributed by atoms with Gasteiger partial charge in [0, 0.05) is 18.1 Å². The summed E-state index contributed by atoms with van der Waals surface area (Å²) < 4.78 is 36.8. The predicted molar refractivity (Wildman–Crippen MR) is 132 cm³/mol. The van der Waals surface area contributed by atoms with Gasteiger partial charge >= 0.3 is 0 Å². The first-order chi connectivity index (χ1) is 16.0. The molecule has 34 heavy (non-hydrogen) atoms. The summed E-state index contributed by atoms with van der Waals surface area (Å²) in [6.07, 6.45) is 0.986. The van der Waals surface area contributed by atoms with Crippen molar-refractivity contribution in [3.63, 3.8) is 0 Å². The minimum Gasteiger partial charge on any atom is -0.497 e. The second-order valence-electron chi connectivity index (χ2n) is 7.53. The highest BCUT2D eigenvalue weighted by Crippen LogP contribution is 2.33. The van der Waals surface area contributed by atoms with Crippen LogP contribution in [0.1, 0.15) is 19.4 Å². The maximum atomic E-state index is 13.5. The lowest BCUT2D eigenvalue weighted by Crippen LogP contribution is -2.51. The van der Waals surface area contributed by atoms with Gasteiger partial charge in [0.1, 0.15) is 24.1 Å². The van der Waals surface area contributed by atoms with Crippen LogP contribution < -0.4 is 19.1 Å². The second kappa shape index (κ2) is 11.9. The highest BCUT2D eigenvalue weighted by atomic mass is 35.5. The summed E-state index contributed by atoms with van der Waals surface area (Å²) in [4.78, 5) is 27.4. The molecule has 0 saturated carbocycles. The average Bonchev–Trinajstić information content (AvgIpc) is 2.79. The molecule has 0 spiro atoms. The summed E-state index contributed by atoms with van der Waals surface area (Å²) in [7, 11) is -0.989. The molecule has 0 aromatic heterocycles. The topological polar surface area (TPSA) is 105 Å². The molecule has 0 fully saturated rings. The Kier molecular flexibility index (Phi) is 9.57. The SMILES string of the molecule is CCNC(=O)[C@@H](C)N(Cc1cccc(OC)c1)C(=O)CN(c1cc(Cl)ccc1OC)S(C)(=O)=O. The van der Waals surface area contributed by atoms with Crippen molar-refractivity contribution in [2.24, 2.45) is 0 Å². The van der Waals surface area contributed by atoms with Crippen molar-refractivity contribution in [2.45, 2.75) is 26.4 Å². The van der Waals surface area contributed by atoms with Gasteiger partial charge in [-0.05, 0) is 49.7 Å². The quantitative estimate of drug-likeness (QED) is 0.497. The Morgan fingerprint density at radius 1 is 1.12 bits per heavy atom. The zero-order chi connectivity index (χ0) is 25.5. The molecule has 1 atom stereocenters. The van der Waals surface area contributed by atoms with E-state index >= 15 is 0 Å². The van der Waals surface area contributed by atoms with Crippen molar-refractivity contribution in [2.75, 3.05) is 37.9 Å². The standard InChI is InChI=1S/C23H30ClN3O6S/c1-6-25-23(29)16(2)26(14-17-8-7-9-19(12-17)32-3)22(28)15-27(34(5,30)31)20-13-18(24)10-11-21(20)33-4/h7-13,16H,6,14-15H2,1-5H3,(H,25,29)/t16-/m1/s1. The number of rotatable bonds is 11. The molecule has 0 radical (unpaired) electrons. The summed E-state index contributed by atoms with van der Waals surface area (Å²) in [6.45, 7) is 3.27. The van der Waals surface area contributed by atoms with Crippen molar-refractivity contribution in [3.8, 4) is 11.5 Å². The van der Waals surface area contributed by atoms with Gasteiger partial charge in [0.2, 0.25) is 21.8 Å². The van der Waals surface area contributed by atoms with E-state index in [9.17, 15) is 18.0 Å². The van der Waals surface area contributed by atoms with Crippen molar-refractivity contribution < 1.29 is 27.5 Å². The minimum atomic E-state index is -3.91. The molecule has 2 amide bonds. The minimum absolute atomic E-state index is 0.0681. The maximum absolute atomic E-state index is 13.5. The van der Waals surface area contributed by atoms with E-state index in [1.54, 1.807) is 44.2 Å². The van der Waals surface area contributed by atoms with Crippen molar-refractivity contribution in [1.82, 2.24) is 10.2 Å². The summed E-state index contributed by atoms with van der Waals surface area (Å²) in [5, 5.41) is 2.98. The van der Waals surface area contributed by atoms with Gasteiger partial charge in [-0.1, -0.05) is 23.7 Å². The Labute approximate surface area is 205 Å². The van der Waals surface area contributed by atoms with E-state index in [1.807, 2.05) is 0 Å². The molecule has 0 saturated heterocycles. The molecule has 2 aromatic carbocycles. The number of hydrogen-bond acceptors (Lipinski definition) is 6. The molecule has 0 heterocycles. The van der Waals surface area contributed by atoms with E-state index in [0.717, 1.165) is 16.1 Å². The Bertz CT molecular complexity index is 1130. The molecule has 1 N–H and O–H groups in total. The maximum Gasteiger partial charge on any atom is 0.244 e. The predicted octanol–water partition coefficient (Wildman–Crippen LogP) is 2.68. The normalized spacial score (nSPS) is 11.9. The molecular weight excluding hydrogens is 482 g/mol. The lowest BCUT2D eigenvalue weighted by molar-refractivity contribution is -0.139. The van der Waals surface area contributed by atoms with Crippen molar-refractivity contribution in [3.05, 3.63) is 53.1 Å². The largest absolute Gasteiger partial charge is 0.497 e. The number of hydrogen-bond donors (Lipinski definition) is 1. The first-order valence-electron chi connectivity index (χ1n) is 10.5. The average molecular weight is 512 g/mol. The summed E-state index contributed by atoms with van der Waals surface area (Å²) in [5.74, 6) is -0.102. The van der Waals surface area contributed by atoms with E-state index < -0.39 is 28.5 Å². The van der Waals surface area contributed by atoms with E-state index in [-0.39, 0.29) is 28.9 Å². The number of carbonyl (C=O) groups excluding carboxylic acids is 2. The second-order valence-corrected chi connectivity index (χ2v) is 9.87. The number of carbonyl (C=O) groups is 2. The molecule has 0 aliphatic heterocycles. The van der Waals surface area contributed by atoms with Gasteiger partial charge in [0.25, 0.3) is 0 Å². The van der Waals surface area contributed by atoms with Crippen LogP contribution in [0.2, 0.25) is 5.02 Å². The lowest BCUT2D eigenvalue weighted by Gasteiger charge is -2.31. The third-order valence-corrected chi connectivity index (χ3v) is 6.46. The Morgan fingerprint density at radius 2 is 1.82 bits per heavy atom. The molecular formula is C23H30ClN3O6S. The summed E-state index contributed by atoms with van der Waals surface area (Å²) in [5.41, 5.74) is 0.841. The first kappa shape index (κ1) is 27.3. The number of ether oxygens (including phenoxy) is 2. The number of likely N-dealkylation sites (N-methyl/N-ethyl adjacent to an activating group) is 1. The van der Waals surface area contributed by atoms with E-state index in [2.05, 4.69) is 5.32 Å². The molecule has 0 aliphatic rings. The number of nitrogens with zero attached hydrogens (tertiary/aromatic N) is 2. The third kappa shape index (κ3) is 7.01. The summed E-state index contributed by atoms with van der Waals surface area (Å²) in [6, 6.07) is 10.7. The molecule has 0 aliphatic carbocycles. The van der Waals surface area contributed by atoms with Gasteiger partial charge in [0.15, 0.2) is 0 Å². The van der Waals surface area contributed by atoms with Crippen molar-refractivity contribution in [1.29, 1.82) is 0 Å². The van der Waals surface area contributed by atoms with Crippen LogP contribution in [0.15, 0.2) is 42.5 Å². The number of benzene rings is 2. The number of halogens is 1. The number of nitrogens with one attached hydrogen (secondary N) is 1. The highest BCUT2D eigenvalue weighted by molar-refractivity contribution is 7.92. The Morgan fingerprint density at radius 3 is 2.41 bits per heavy atom. The fourth-order valence-corrected chi connectivity index (χ4v) is 4.34. The van der Waals surface area contributed by atoms with Crippen LogP contribution in [0, 0.1) is 0 Å². The zero-order valence-corrected chi connectivity index (χ0v) is 21.4. The van der Waals surface area contributed by atoms with Gasteiger partial charge in [-0.25, -0.2) is 8.42 Å². The number of sulfonamides is 1. The van der Waals surface area contributed by atoms with Gasteiger partial charge in [-0.15, -0.1) is 0 Å². The van der Waals surface area contributed by atoms with Gasteiger partial charge in [0.05, 0.1) is 26.2 Å². The molecule has 0 unspecified atom stereocenters. The smallest absolute Gasteiger partial charge is 0.244 e. The highest BCUT2D eigenvalue weighted by Gasteiger charge is 2.31. The molecule has 2 aromatic rings. The van der Waals surface area contributed by atoms with Crippen LogP contribution in [0.4, 0.5) is 5.69 Å². The Balaban J connectivity index is 2.47. The third-order valence-electron chi connectivity index (χ3n) is 5.09. The summed E-state index contributed by atoms with van der Waals surface area (Å²) >= 11 is 6.09. The van der Waals surface area contributed by atoms with Crippen LogP contribution in [0.25, 0.3) is 0 Å². The van der Waals surface area contributed by atoms with Crippen molar-refractivity contribution >= 4 is 39.1 Å². The van der Waals surface area contributed by atoms with Gasteiger partial charge in [-0.3, -0.25) is 13.9 Å². The first-order valence-corrected chi connectivity index (χ1v) is 12.8. The van der Waals surface area contributed by atoms with Crippen LogP contribution in [0.5, 0.6) is 11.5 Å². The Hall–Kier alpha value is -2.98. The molecule has 186 valence electrons. The van der Waals surface area contributed by atoms with E-state index in [0.29, 0.717) is 12.3 Å². The number of methoxy groups -OCH3 is 2. The van der Waals surface area contributed by atoms with E-state index in [4.69, 9.17) is 21.1 Å². The van der Waals surface area contributed by atoms with Gasteiger partial charge in [-0.2, -0.15) is 0 Å². The molecule has 9 nitrogen and oxygen atoms in total. The van der Waals surface area contributed by atoms with Crippen LogP contribution in [0.3, 0.4) is 0 Å². The fourth-order valence-electron chi connectivity index (χ4n) is 3.32. The fraction of sp³-hybridized carbons (Fsp3) is 0.391. The zero-order valence-electron chi connectivity index (χ0n) is 19.9. The van der Waals surface area contributed by atoms with Crippen LogP contribution in [-0.2, 0) is 26.2 Å². The van der Waals surface area contributed by atoms with E-state index in [1.165, 1.54) is 31.3 Å². The van der Waals surface area contributed by atoms with Crippen LogP contribution >= 0.6 is 11.6 Å². The molecule has 0 bridgehead atoms. The van der Waals surface area contributed by atoms with Gasteiger partial charge < -0.3 is 19.7 Å². The number of anilines is 1. The van der Waals surface area contributed by atoms with Crippen LogP contribution in [-0.4, -0.2) is 64.7 Å². The molecule has 2 rings (SSSR count). The number of amides is 2. The molecule has 11 heteroatoms. The lowest BCUT2D eigenvalue weighted by atomic mass is 10.1.